The lowest BCUT2D eigenvalue weighted by atomic mass is 9.80. The molecule has 0 bridgehead atoms. The van der Waals surface area contributed by atoms with E-state index in [1.54, 1.807) is 0 Å². The van der Waals surface area contributed by atoms with Gasteiger partial charge in [0.1, 0.15) is 5.58 Å². The highest BCUT2D eigenvalue weighted by Crippen LogP contribution is 2.57. The summed E-state index contributed by atoms with van der Waals surface area (Å²) >= 11 is 3.77. The molecule has 2 aliphatic rings. The summed E-state index contributed by atoms with van der Waals surface area (Å²) in [5.41, 5.74) is 10.8. The van der Waals surface area contributed by atoms with Crippen LogP contribution in [0.3, 0.4) is 0 Å². The van der Waals surface area contributed by atoms with Crippen molar-refractivity contribution in [2.45, 2.75) is 38.8 Å². The van der Waals surface area contributed by atoms with Gasteiger partial charge in [0.15, 0.2) is 5.58 Å². The van der Waals surface area contributed by atoms with Crippen LogP contribution in [0.5, 0.6) is 0 Å². The molecule has 2 aromatic heterocycles. The van der Waals surface area contributed by atoms with E-state index >= 15 is 0 Å². The molecule has 0 saturated carbocycles. The molecule has 3 heterocycles. The molecule has 0 fully saturated rings. The molecule has 204 valence electrons. The third-order valence-corrected chi connectivity index (χ3v) is 12.0. The smallest absolute Gasteiger partial charge is 0.159 e. The van der Waals surface area contributed by atoms with E-state index in [0.717, 1.165) is 27.6 Å². The van der Waals surface area contributed by atoms with Gasteiger partial charge in [-0.05, 0) is 58.7 Å². The van der Waals surface area contributed by atoms with Gasteiger partial charge in [0.05, 0.1) is 21.6 Å². The highest BCUT2D eigenvalue weighted by atomic mass is 32.2. The SMILES string of the molecule is CC1(C)c2ccccc2-c2ccc3c(c21)c1ccc2c(c1n3-c1cccc3c1oc1ccccc13)Sc1ccccc1S2. The van der Waals surface area contributed by atoms with Gasteiger partial charge in [0.2, 0.25) is 0 Å². The van der Waals surface area contributed by atoms with Crippen molar-refractivity contribution < 1.29 is 4.42 Å². The Morgan fingerprint density at radius 1 is 0.605 bits per heavy atom. The van der Waals surface area contributed by atoms with E-state index in [9.17, 15) is 0 Å². The van der Waals surface area contributed by atoms with Gasteiger partial charge < -0.3 is 8.98 Å². The molecule has 43 heavy (non-hydrogen) atoms. The number of benzene rings is 6. The average molecular weight is 588 g/mol. The predicted molar refractivity (Wildman–Crippen MR) is 180 cm³/mol. The zero-order chi connectivity index (χ0) is 28.4. The maximum Gasteiger partial charge on any atom is 0.159 e. The van der Waals surface area contributed by atoms with E-state index in [1.165, 1.54) is 63.6 Å². The second-order valence-corrected chi connectivity index (χ2v) is 14.2. The third-order valence-electron chi connectivity index (χ3n) is 9.43. The Bertz CT molecular complexity index is 2500. The Balaban J connectivity index is 1.39. The number of rotatable bonds is 1. The first kappa shape index (κ1) is 24.1. The summed E-state index contributed by atoms with van der Waals surface area (Å²) in [4.78, 5) is 5.24. The number of hydrogen-bond acceptors (Lipinski definition) is 3. The highest BCUT2D eigenvalue weighted by molar-refractivity contribution is 8.05. The molecule has 2 nitrogen and oxygen atoms in total. The lowest BCUT2D eigenvalue weighted by molar-refractivity contribution is 0.665. The van der Waals surface area contributed by atoms with Gasteiger partial charge in [-0.1, -0.05) is 116 Å². The maximum atomic E-state index is 6.66. The van der Waals surface area contributed by atoms with Crippen molar-refractivity contribution in [3.8, 4) is 16.8 Å². The summed E-state index contributed by atoms with van der Waals surface area (Å²) < 4.78 is 9.15. The molecule has 1 aliphatic carbocycles. The molecule has 0 amide bonds. The van der Waals surface area contributed by atoms with Crippen LogP contribution in [0.2, 0.25) is 0 Å². The molecule has 0 unspecified atom stereocenters. The van der Waals surface area contributed by atoms with E-state index in [0.29, 0.717) is 0 Å². The first-order valence-electron chi connectivity index (χ1n) is 14.7. The van der Waals surface area contributed by atoms with Gasteiger partial charge in [0, 0.05) is 41.6 Å². The largest absolute Gasteiger partial charge is 0.454 e. The highest BCUT2D eigenvalue weighted by Gasteiger charge is 2.38. The zero-order valence-corrected chi connectivity index (χ0v) is 25.3. The summed E-state index contributed by atoms with van der Waals surface area (Å²) in [5, 5.41) is 4.94. The number of hydrogen-bond donors (Lipinski definition) is 0. The van der Waals surface area contributed by atoms with E-state index in [-0.39, 0.29) is 5.41 Å². The molecule has 8 aromatic rings. The Kier molecular flexibility index (Phi) is 4.69. The Morgan fingerprint density at radius 2 is 1.37 bits per heavy atom. The average Bonchev–Trinajstić information content (AvgIpc) is 3.66. The van der Waals surface area contributed by atoms with Crippen LogP contribution in [0.4, 0.5) is 0 Å². The molecule has 0 spiro atoms. The monoisotopic (exact) mass is 587 g/mol. The minimum atomic E-state index is -0.125. The summed E-state index contributed by atoms with van der Waals surface area (Å²) in [6, 6.07) is 42.1. The van der Waals surface area contributed by atoms with E-state index in [2.05, 4.69) is 134 Å². The normalized spacial score (nSPS) is 14.7. The fourth-order valence-electron chi connectivity index (χ4n) is 7.60. The van der Waals surface area contributed by atoms with Crippen LogP contribution in [-0.2, 0) is 5.41 Å². The first-order chi connectivity index (χ1) is 21.1. The van der Waals surface area contributed by atoms with Crippen LogP contribution in [0.1, 0.15) is 25.0 Å². The van der Waals surface area contributed by atoms with Gasteiger partial charge in [-0.3, -0.25) is 0 Å². The van der Waals surface area contributed by atoms with Gasteiger partial charge in [-0.2, -0.15) is 0 Å². The summed E-state index contributed by atoms with van der Waals surface area (Å²) in [6.07, 6.45) is 0. The quantitative estimate of drug-likeness (QED) is 0.190. The summed E-state index contributed by atoms with van der Waals surface area (Å²) in [5.74, 6) is 0. The number of furan rings is 1. The molecule has 10 rings (SSSR count). The van der Waals surface area contributed by atoms with Gasteiger partial charge in [0.25, 0.3) is 0 Å². The molecule has 1 aliphatic heterocycles. The molecule has 0 saturated heterocycles. The fraction of sp³-hybridized carbons (Fsp3) is 0.0769. The molecular weight excluding hydrogens is 563 g/mol. The van der Waals surface area contributed by atoms with Crippen LogP contribution in [0.15, 0.2) is 139 Å². The van der Waals surface area contributed by atoms with Crippen molar-refractivity contribution in [2.24, 2.45) is 0 Å². The van der Waals surface area contributed by atoms with Crippen molar-refractivity contribution in [2.75, 3.05) is 0 Å². The standard InChI is InChI=1S/C39H25NOS2/c1-39(2)27-13-5-3-10-22(27)24-18-20-28-34(35(24)39)26-19-21-33-38(43-32-17-8-7-16-31(32)42-33)36(26)40(28)29-14-9-12-25-23-11-4-6-15-30(23)41-37(25)29/h3-21H,1-2H3. The number of nitrogens with zero attached hydrogens (tertiary/aromatic N) is 1. The topological polar surface area (TPSA) is 18.1 Å². The molecule has 0 atom stereocenters. The van der Waals surface area contributed by atoms with Crippen LogP contribution in [0, 0.1) is 0 Å². The van der Waals surface area contributed by atoms with Crippen molar-refractivity contribution in [3.05, 3.63) is 126 Å². The minimum absolute atomic E-state index is 0.125. The lowest BCUT2D eigenvalue weighted by Crippen LogP contribution is -2.15. The van der Waals surface area contributed by atoms with Gasteiger partial charge >= 0.3 is 0 Å². The van der Waals surface area contributed by atoms with Crippen LogP contribution < -0.4 is 0 Å². The van der Waals surface area contributed by atoms with E-state index in [4.69, 9.17) is 4.42 Å². The van der Waals surface area contributed by atoms with Crippen LogP contribution >= 0.6 is 23.5 Å². The first-order valence-corrected chi connectivity index (χ1v) is 16.3. The van der Waals surface area contributed by atoms with Crippen molar-refractivity contribution in [1.82, 2.24) is 4.57 Å². The fourth-order valence-corrected chi connectivity index (χ4v) is 9.98. The molecule has 6 aromatic carbocycles. The molecule has 0 N–H and O–H groups in total. The molecule has 0 radical (unpaired) electrons. The van der Waals surface area contributed by atoms with Crippen molar-refractivity contribution in [1.29, 1.82) is 0 Å². The predicted octanol–water partition coefficient (Wildman–Crippen LogP) is 11.6. The number of aromatic nitrogens is 1. The van der Waals surface area contributed by atoms with Crippen molar-refractivity contribution >= 4 is 67.3 Å². The number of fused-ring (bicyclic) bond motifs is 13. The lowest BCUT2D eigenvalue weighted by Gasteiger charge is -2.22. The minimum Gasteiger partial charge on any atom is -0.454 e. The van der Waals surface area contributed by atoms with Gasteiger partial charge in [-0.15, -0.1) is 0 Å². The number of para-hydroxylation sites is 2. The molecule has 4 heteroatoms. The Labute approximate surface area is 257 Å². The maximum absolute atomic E-state index is 6.66. The third kappa shape index (κ3) is 3.07. The Morgan fingerprint density at radius 3 is 2.28 bits per heavy atom. The zero-order valence-electron chi connectivity index (χ0n) is 23.6. The van der Waals surface area contributed by atoms with E-state index in [1.807, 2.05) is 23.5 Å². The second kappa shape index (κ2) is 8.37. The second-order valence-electron chi connectivity index (χ2n) is 12.1. The van der Waals surface area contributed by atoms with Crippen molar-refractivity contribution in [3.63, 3.8) is 0 Å². The summed E-state index contributed by atoms with van der Waals surface area (Å²) in [7, 11) is 0. The van der Waals surface area contributed by atoms with Crippen LogP contribution in [0.25, 0.3) is 60.6 Å². The summed E-state index contributed by atoms with van der Waals surface area (Å²) in [6.45, 7) is 4.78. The van der Waals surface area contributed by atoms with Gasteiger partial charge in [-0.25, -0.2) is 0 Å². The van der Waals surface area contributed by atoms with E-state index < -0.39 is 0 Å². The Hall–Kier alpha value is -4.38. The molecular formula is C39H25NOS2. The van der Waals surface area contributed by atoms with Crippen LogP contribution in [-0.4, -0.2) is 4.57 Å².